The summed E-state index contributed by atoms with van der Waals surface area (Å²) in [5.41, 5.74) is 1.95. The van der Waals surface area contributed by atoms with E-state index in [1.165, 1.54) is 0 Å². The van der Waals surface area contributed by atoms with Crippen molar-refractivity contribution in [2.75, 3.05) is 0 Å². The second-order valence-corrected chi connectivity index (χ2v) is 7.76. The highest BCUT2D eigenvalue weighted by Crippen LogP contribution is 2.22. The van der Waals surface area contributed by atoms with E-state index in [-0.39, 0.29) is 4.90 Å². The zero-order valence-corrected chi connectivity index (χ0v) is 15.3. The zero-order valence-electron chi connectivity index (χ0n) is 14.5. The Morgan fingerprint density at radius 1 is 0.593 bits per heavy atom. The number of rotatable bonds is 4. The van der Waals surface area contributed by atoms with Crippen LogP contribution in [0.15, 0.2) is 112 Å². The molecule has 0 saturated heterocycles. The van der Waals surface area contributed by atoms with Crippen molar-refractivity contribution in [3.63, 3.8) is 0 Å². The van der Waals surface area contributed by atoms with Gasteiger partial charge in [-0.3, -0.25) is 0 Å². The van der Waals surface area contributed by atoms with Crippen molar-refractivity contribution in [1.29, 1.82) is 0 Å². The second kappa shape index (κ2) is 7.17. The van der Waals surface area contributed by atoms with Crippen LogP contribution in [0.3, 0.4) is 0 Å². The molecule has 3 nitrogen and oxygen atoms in total. The molecule has 0 fully saturated rings. The maximum absolute atomic E-state index is 13.0. The van der Waals surface area contributed by atoms with Crippen molar-refractivity contribution in [3.8, 4) is 0 Å². The molecule has 0 heterocycles. The van der Waals surface area contributed by atoms with E-state index in [1.807, 2.05) is 91.0 Å². The molecule has 4 rings (SSSR count). The van der Waals surface area contributed by atoms with E-state index >= 15 is 0 Å². The smallest absolute Gasteiger partial charge is 0.199 e. The number of sulfonamides is 1. The number of nitrogens with zero attached hydrogens (tertiary/aromatic N) is 1. The van der Waals surface area contributed by atoms with Gasteiger partial charge in [0.1, 0.15) is 0 Å². The van der Waals surface area contributed by atoms with E-state index in [4.69, 9.17) is 0 Å². The lowest BCUT2D eigenvalue weighted by molar-refractivity contribution is 0.598. The van der Waals surface area contributed by atoms with Crippen molar-refractivity contribution in [2.24, 2.45) is 4.40 Å². The Kier molecular flexibility index (Phi) is 4.57. The molecule has 0 atom stereocenters. The third-order valence-electron chi connectivity index (χ3n) is 4.32. The van der Waals surface area contributed by atoms with Gasteiger partial charge < -0.3 is 0 Å². The lowest BCUT2D eigenvalue weighted by Crippen LogP contribution is -2.08. The fraction of sp³-hybridized carbons (Fsp3) is 0. The summed E-state index contributed by atoms with van der Waals surface area (Å²) in [7, 11) is -3.86. The summed E-state index contributed by atoms with van der Waals surface area (Å²) in [6, 6.07) is 31.5. The van der Waals surface area contributed by atoms with Crippen LogP contribution < -0.4 is 0 Å². The Morgan fingerprint density at radius 2 is 1.11 bits per heavy atom. The number of hydrogen-bond donors (Lipinski definition) is 0. The summed E-state index contributed by atoms with van der Waals surface area (Å²) >= 11 is 0. The zero-order chi connectivity index (χ0) is 18.7. The van der Waals surface area contributed by atoms with Crippen molar-refractivity contribution < 1.29 is 8.42 Å². The van der Waals surface area contributed by atoms with Gasteiger partial charge in [0.15, 0.2) is 0 Å². The molecule has 4 aromatic carbocycles. The van der Waals surface area contributed by atoms with E-state index in [9.17, 15) is 8.42 Å². The minimum atomic E-state index is -3.86. The minimum Gasteiger partial charge on any atom is -0.199 e. The second-order valence-electron chi connectivity index (χ2n) is 6.16. The fourth-order valence-electron chi connectivity index (χ4n) is 2.96. The van der Waals surface area contributed by atoms with Gasteiger partial charge in [0.25, 0.3) is 10.0 Å². The molecular formula is C23H17NO2S. The molecule has 0 aliphatic carbocycles. The van der Waals surface area contributed by atoms with Gasteiger partial charge in [-0.05, 0) is 22.9 Å². The van der Waals surface area contributed by atoms with Gasteiger partial charge in [0.05, 0.1) is 10.6 Å². The molecule has 4 aromatic rings. The quantitative estimate of drug-likeness (QED) is 0.470. The van der Waals surface area contributed by atoms with E-state index in [1.54, 1.807) is 12.1 Å². The average Bonchev–Trinajstić information content (AvgIpc) is 2.73. The predicted octanol–water partition coefficient (Wildman–Crippen LogP) is 5.07. The van der Waals surface area contributed by atoms with Crippen LogP contribution in [-0.2, 0) is 10.0 Å². The normalized spacial score (nSPS) is 11.3. The molecular weight excluding hydrogens is 354 g/mol. The van der Waals surface area contributed by atoms with Crippen molar-refractivity contribution in [1.82, 2.24) is 0 Å². The first-order valence-electron chi connectivity index (χ1n) is 8.58. The summed E-state index contributed by atoms with van der Waals surface area (Å²) in [6.07, 6.45) is 0. The molecule has 0 N–H and O–H groups in total. The van der Waals surface area contributed by atoms with Gasteiger partial charge in [-0.15, -0.1) is 0 Å². The van der Waals surface area contributed by atoms with E-state index in [0.29, 0.717) is 5.71 Å². The Balaban J connectivity index is 1.87. The maximum Gasteiger partial charge on any atom is 0.282 e. The van der Waals surface area contributed by atoms with Crippen LogP contribution >= 0.6 is 0 Å². The number of benzene rings is 4. The number of fused-ring (bicyclic) bond motifs is 1. The predicted molar refractivity (Wildman–Crippen MR) is 110 cm³/mol. The molecule has 0 spiro atoms. The van der Waals surface area contributed by atoms with Gasteiger partial charge in [-0.25, -0.2) is 0 Å². The molecule has 132 valence electrons. The van der Waals surface area contributed by atoms with Crippen molar-refractivity contribution in [3.05, 3.63) is 114 Å². The summed E-state index contributed by atoms with van der Waals surface area (Å²) in [5, 5.41) is 1.86. The highest BCUT2D eigenvalue weighted by atomic mass is 32.2. The lowest BCUT2D eigenvalue weighted by atomic mass is 10.0. The first kappa shape index (κ1) is 17.2. The SMILES string of the molecule is O=S(=O)(N=C(c1ccccc1)c1ccccc1)c1ccc2ccccc2c1. The molecule has 0 aliphatic heterocycles. The minimum absolute atomic E-state index is 0.186. The molecule has 0 unspecified atom stereocenters. The third-order valence-corrected chi connectivity index (χ3v) is 5.60. The Hall–Kier alpha value is -3.24. The molecule has 0 aromatic heterocycles. The Morgan fingerprint density at radius 3 is 1.70 bits per heavy atom. The van der Waals surface area contributed by atoms with Crippen LogP contribution in [0.4, 0.5) is 0 Å². The summed E-state index contributed by atoms with van der Waals surface area (Å²) < 4.78 is 30.3. The van der Waals surface area contributed by atoms with Crippen LogP contribution in [0.5, 0.6) is 0 Å². The lowest BCUT2D eigenvalue weighted by Gasteiger charge is -2.08. The molecule has 27 heavy (non-hydrogen) atoms. The molecule has 0 saturated carbocycles. The van der Waals surface area contributed by atoms with Crippen molar-refractivity contribution >= 4 is 26.5 Å². The monoisotopic (exact) mass is 371 g/mol. The van der Waals surface area contributed by atoms with Crippen LogP contribution in [0.1, 0.15) is 11.1 Å². The molecule has 0 radical (unpaired) electrons. The largest absolute Gasteiger partial charge is 0.282 e. The van der Waals surface area contributed by atoms with Gasteiger partial charge in [0.2, 0.25) is 0 Å². The highest BCUT2D eigenvalue weighted by molar-refractivity contribution is 7.90. The summed E-state index contributed by atoms with van der Waals surface area (Å²) in [5.74, 6) is 0. The van der Waals surface area contributed by atoms with Crippen LogP contribution in [0.25, 0.3) is 10.8 Å². The molecule has 4 heteroatoms. The third kappa shape index (κ3) is 3.66. The maximum atomic E-state index is 13.0. The summed E-state index contributed by atoms with van der Waals surface area (Å²) in [4.78, 5) is 0.186. The first-order chi connectivity index (χ1) is 13.1. The van der Waals surface area contributed by atoms with Crippen LogP contribution in [-0.4, -0.2) is 14.1 Å². The Labute approximate surface area is 158 Å². The summed E-state index contributed by atoms with van der Waals surface area (Å²) in [6.45, 7) is 0. The number of hydrogen-bond acceptors (Lipinski definition) is 2. The average molecular weight is 371 g/mol. The van der Waals surface area contributed by atoms with E-state index in [0.717, 1.165) is 21.9 Å². The highest BCUT2D eigenvalue weighted by Gasteiger charge is 2.17. The fourth-order valence-corrected chi connectivity index (χ4v) is 4.04. The van der Waals surface area contributed by atoms with Gasteiger partial charge in [-0.2, -0.15) is 12.8 Å². The van der Waals surface area contributed by atoms with E-state index in [2.05, 4.69) is 4.40 Å². The molecule has 0 amide bonds. The van der Waals surface area contributed by atoms with Gasteiger partial charge in [0, 0.05) is 11.1 Å². The topological polar surface area (TPSA) is 46.5 Å². The van der Waals surface area contributed by atoms with E-state index < -0.39 is 10.0 Å². The Bertz CT molecular complexity index is 1170. The molecule has 0 bridgehead atoms. The standard InChI is InChI=1S/C23H17NO2S/c25-27(26,22-16-15-18-9-7-8-14-21(18)17-22)24-23(19-10-3-1-4-11-19)20-12-5-2-6-13-20/h1-17H. The van der Waals surface area contributed by atoms with Gasteiger partial charge >= 0.3 is 0 Å². The van der Waals surface area contributed by atoms with Gasteiger partial charge in [-0.1, -0.05) is 91.0 Å². The molecule has 0 aliphatic rings. The van der Waals surface area contributed by atoms with Crippen molar-refractivity contribution in [2.45, 2.75) is 4.90 Å². The van der Waals surface area contributed by atoms with Crippen LogP contribution in [0, 0.1) is 0 Å². The first-order valence-corrected chi connectivity index (χ1v) is 10.0. The van der Waals surface area contributed by atoms with Crippen LogP contribution in [0.2, 0.25) is 0 Å².